The van der Waals surface area contributed by atoms with Crippen LogP contribution in [0.1, 0.15) is 45.2 Å². The van der Waals surface area contributed by atoms with Crippen molar-refractivity contribution < 1.29 is 19.1 Å². The molecule has 0 aliphatic carbocycles. The minimum absolute atomic E-state index is 0.167. The number of rotatable bonds is 11. The van der Waals surface area contributed by atoms with Crippen molar-refractivity contribution in [2.24, 2.45) is 0 Å². The lowest BCUT2D eigenvalue weighted by Gasteiger charge is -2.03. The van der Waals surface area contributed by atoms with Gasteiger partial charge in [-0.1, -0.05) is 0 Å². The Kier molecular flexibility index (Phi) is 8.71. The molecule has 0 amide bonds. The molecule has 1 heterocycles. The number of nitrogens with zero attached hydrogens (tertiary/aromatic N) is 1. The number of anilines is 1. The van der Waals surface area contributed by atoms with E-state index in [4.69, 9.17) is 9.47 Å². The van der Waals surface area contributed by atoms with Crippen LogP contribution in [0.5, 0.6) is 0 Å². The van der Waals surface area contributed by atoms with Crippen molar-refractivity contribution in [1.82, 2.24) is 9.97 Å². The van der Waals surface area contributed by atoms with Crippen LogP contribution in [0, 0.1) is 0 Å². The van der Waals surface area contributed by atoms with E-state index in [0.29, 0.717) is 45.0 Å². The van der Waals surface area contributed by atoms with Gasteiger partial charge in [-0.3, -0.25) is 9.59 Å². The molecule has 1 aromatic heterocycles. The number of carbonyl (C=O) groups excluding carboxylic acids is 2. The molecule has 0 saturated carbocycles. The molecule has 7 heteroatoms. The molecule has 0 fully saturated rings. The Morgan fingerprint density at radius 1 is 1.14 bits per heavy atom. The van der Waals surface area contributed by atoms with Crippen molar-refractivity contribution in [2.45, 2.75) is 46.0 Å². The number of aryl methyl sites for hydroxylation is 1. The maximum Gasteiger partial charge on any atom is 0.305 e. The van der Waals surface area contributed by atoms with E-state index < -0.39 is 0 Å². The van der Waals surface area contributed by atoms with Crippen LogP contribution >= 0.6 is 0 Å². The highest BCUT2D eigenvalue weighted by Gasteiger charge is 2.05. The van der Waals surface area contributed by atoms with Gasteiger partial charge in [-0.25, -0.2) is 4.98 Å². The average molecular weight is 311 g/mol. The first-order valence-electron chi connectivity index (χ1n) is 7.74. The van der Waals surface area contributed by atoms with Gasteiger partial charge in [0.2, 0.25) is 0 Å². The summed E-state index contributed by atoms with van der Waals surface area (Å²) in [6.07, 6.45) is 4.72. The monoisotopic (exact) mass is 311 g/mol. The smallest absolute Gasteiger partial charge is 0.305 e. The van der Waals surface area contributed by atoms with Gasteiger partial charge in [0.1, 0.15) is 0 Å². The highest BCUT2D eigenvalue weighted by Crippen LogP contribution is 2.07. The third-order valence-corrected chi connectivity index (χ3v) is 2.92. The summed E-state index contributed by atoms with van der Waals surface area (Å²) in [4.78, 5) is 29.7. The van der Waals surface area contributed by atoms with Gasteiger partial charge in [-0.05, 0) is 33.1 Å². The van der Waals surface area contributed by atoms with Gasteiger partial charge >= 0.3 is 11.9 Å². The minimum atomic E-state index is -0.177. The molecule has 22 heavy (non-hydrogen) atoms. The van der Waals surface area contributed by atoms with Gasteiger partial charge in [0, 0.05) is 25.1 Å². The molecule has 2 N–H and O–H groups in total. The number of hydrogen-bond acceptors (Lipinski definition) is 6. The molecule has 0 spiro atoms. The van der Waals surface area contributed by atoms with E-state index in [1.807, 2.05) is 0 Å². The number of imidazole rings is 1. The number of aromatic amines is 1. The summed E-state index contributed by atoms with van der Waals surface area (Å²) in [5.74, 6) is 0.331. The Bertz CT molecular complexity index is 459. The van der Waals surface area contributed by atoms with Gasteiger partial charge in [-0.2, -0.15) is 0 Å². The number of aromatic nitrogens is 2. The zero-order valence-electron chi connectivity index (χ0n) is 13.3. The lowest BCUT2D eigenvalue weighted by Crippen LogP contribution is -2.08. The highest BCUT2D eigenvalue weighted by molar-refractivity contribution is 5.69. The van der Waals surface area contributed by atoms with Crippen LogP contribution in [0.3, 0.4) is 0 Å². The summed E-state index contributed by atoms with van der Waals surface area (Å²) in [6.45, 7) is 5.08. The van der Waals surface area contributed by atoms with Crippen molar-refractivity contribution in [1.29, 1.82) is 0 Å². The quantitative estimate of drug-likeness (QED) is 0.480. The molecule has 1 aromatic rings. The Morgan fingerprint density at radius 3 is 2.41 bits per heavy atom. The second-order valence-electron chi connectivity index (χ2n) is 4.75. The predicted molar refractivity (Wildman–Crippen MR) is 82.5 cm³/mol. The molecule has 0 unspecified atom stereocenters. The SMILES string of the molecule is CCOC(=O)CCCNc1ncc(CCCC(=O)OCC)[nH]1. The number of ether oxygens (including phenoxy) is 2. The van der Waals surface area contributed by atoms with Crippen LogP contribution in [0.4, 0.5) is 5.95 Å². The lowest BCUT2D eigenvalue weighted by molar-refractivity contribution is -0.144. The fraction of sp³-hybridized carbons (Fsp3) is 0.667. The van der Waals surface area contributed by atoms with E-state index >= 15 is 0 Å². The molecule has 124 valence electrons. The summed E-state index contributed by atoms with van der Waals surface area (Å²) in [5.41, 5.74) is 0.970. The second-order valence-corrected chi connectivity index (χ2v) is 4.75. The first-order valence-corrected chi connectivity index (χ1v) is 7.74. The highest BCUT2D eigenvalue weighted by atomic mass is 16.5. The molecule has 0 aliphatic heterocycles. The van der Waals surface area contributed by atoms with E-state index in [1.54, 1.807) is 20.0 Å². The van der Waals surface area contributed by atoms with Crippen molar-refractivity contribution in [2.75, 3.05) is 25.1 Å². The Hall–Kier alpha value is -2.05. The molecule has 0 saturated heterocycles. The van der Waals surface area contributed by atoms with Gasteiger partial charge in [0.05, 0.1) is 19.4 Å². The van der Waals surface area contributed by atoms with E-state index in [-0.39, 0.29) is 11.9 Å². The fourth-order valence-corrected chi connectivity index (χ4v) is 1.90. The van der Waals surface area contributed by atoms with Crippen LogP contribution in [-0.2, 0) is 25.5 Å². The number of carbonyl (C=O) groups is 2. The maximum atomic E-state index is 11.2. The van der Waals surface area contributed by atoms with Gasteiger partial charge < -0.3 is 19.8 Å². The molecule has 0 bridgehead atoms. The van der Waals surface area contributed by atoms with Crippen molar-refractivity contribution in [3.8, 4) is 0 Å². The second kappa shape index (κ2) is 10.6. The van der Waals surface area contributed by atoms with Gasteiger partial charge in [0.15, 0.2) is 5.95 Å². The standard InChI is InChI=1S/C15H25N3O4/c1-3-21-13(19)8-5-7-12-11-17-15(18-12)16-10-6-9-14(20)22-4-2/h11H,3-10H2,1-2H3,(H2,16,17,18). The summed E-state index contributed by atoms with van der Waals surface area (Å²) in [5, 5.41) is 3.12. The van der Waals surface area contributed by atoms with Crippen molar-refractivity contribution in [3.63, 3.8) is 0 Å². The average Bonchev–Trinajstić information content (AvgIpc) is 2.92. The molecule has 1 rings (SSSR count). The fourth-order valence-electron chi connectivity index (χ4n) is 1.90. The summed E-state index contributed by atoms with van der Waals surface area (Å²) in [7, 11) is 0. The van der Waals surface area contributed by atoms with Gasteiger partial charge in [-0.15, -0.1) is 0 Å². The van der Waals surface area contributed by atoms with Crippen LogP contribution in [0.25, 0.3) is 0 Å². The largest absolute Gasteiger partial charge is 0.466 e. The number of esters is 2. The molecule has 0 aliphatic rings. The predicted octanol–water partition coefficient (Wildman–Crippen LogP) is 2.05. The number of H-pyrrole nitrogens is 1. The summed E-state index contributed by atoms with van der Waals surface area (Å²) in [6, 6.07) is 0. The third kappa shape index (κ3) is 7.66. The van der Waals surface area contributed by atoms with E-state index in [1.165, 1.54) is 0 Å². The van der Waals surface area contributed by atoms with Crippen molar-refractivity contribution >= 4 is 17.9 Å². The summed E-state index contributed by atoms with van der Waals surface area (Å²) >= 11 is 0. The van der Waals surface area contributed by atoms with Crippen LogP contribution < -0.4 is 5.32 Å². The first-order chi connectivity index (χ1) is 10.7. The minimum Gasteiger partial charge on any atom is -0.466 e. The first kappa shape index (κ1) is 18.0. The Morgan fingerprint density at radius 2 is 1.77 bits per heavy atom. The third-order valence-electron chi connectivity index (χ3n) is 2.92. The number of hydrogen-bond donors (Lipinski definition) is 2. The summed E-state index contributed by atoms with van der Waals surface area (Å²) < 4.78 is 9.72. The molecular weight excluding hydrogens is 286 g/mol. The maximum absolute atomic E-state index is 11.2. The van der Waals surface area contributed by atoms with Gasteiger partial charge in [0.25, 0.3) is 0 Å². The molecule has 7 nitrogen and oxygen atoms in total. The zero-order valence-corrected chi connectivity index (χ0v) is 13.3. The van der Waals surface area contributed by atoms with E-state index in [9.17, 15) is 9.59 Å². The molecule has 0 atom stereocenters. The molecule has 0 aromatic carbocycles. The Labute approximate surface area is 130 Å². The Balaban J connectivity index is 2.16. The van der Waals surface area contributed by atoms with Crippen molar-refractivity contribution in [3.05, 3.63) is 11.9 Å². The van der Waals surface area contributed by atoms with E-state index in [2.05, 4.69) is 15.3 Å². The van der Waals surface area contributed by atoms with Crippen LogP contribution in [-0.4, -0.2) is 41.7 Å². The zero-order chi connectivity index (χ0) is 16.2. The van der Waals surface area contributed by atoms with E-state index in [0.717, 1.165) is 18.5 Å². The topological polar surface area (TPSA) is 93.3 Å². The van der Waals surface area contributed by atoms with Crippen LogP contribution in [0.2, 0.25) is 0 Å². The molecular formula is C15H25N3O4. The number of nitrogens with one attached hydrogen (secondary N) is 2. The molecule has 0 radical (unpaired) electrons. The van der Waals surface area contributed by atoms with Crippen LogP contribution in [0.15, 0.2) is 6.20 Å². The lowest BCUT2D eigenvalue weighted by atomic mass is 10.2. The normalized spacial score (nSPS) is 10.3.